The zero-order chi connectivity index (χ0) is 11.4. The Morgan fingerprint density at radius 3 is 2.67 bits per heavy atom. The molecule has 0 unspecified atom stereocenters. The molecule has 15 heavy (non-hydrogen) atoms. The highest BCUT2D eigenvalue weighted by Gasteiger charge is 2.06. The summed E-state index contributed by atoms with van der Waals surface area (Å²) in [5.74, 6) is 0.570. The van der Waals surface area contributed by atoms with Crippen LogP contribution < -0.4 is 10.5 Å². The number of rotatable bonds is 4. The SMILES string of the molecule is N=C(N)CCOc1cc(Cl)c(Br)cc1Cl. The van der Waals surface area contributed by atoms with E-state index in [4.69, 9.17) is 39.1 Å². The Labute approximate surface area is 106 Å². The fourth-order valence-corrected chi connectivity index (χ4v) is 1.73. The van der Waals surface area contributed by atoms with E-state index in [0.717, 1.165) is 0 Å². The molecule has 0 aliphatic carbocycles. The zero-order valence-electron chi connectivity index (χ0n) is 7.69. The lowest BCUT2D eigenvalue weighted by Gasteiger charge is -2.08. The molecule has 0 heterocycles. The van der Waals surface area contributed by atoms with Crippen molar-refractivity contribution in [2.75, 3.05) is 6.61 Å². The van der Waals surface area contributed by atoms with Crippen LogP contribution in [-0.2, 0) is 0 Å². The summed E-state index contributed by atoms with van der Waals surface area (Å²) in [4.78, 5) is 0. The van der Waals surface area contributed by atoms with Crippen LogP contribution in [0.15, 0.2) is 16.6 Å². The van der Waals surface area contributed by atoms with Crippen molar-refractivity contribution in [2.45, 2.75) is 6.42 Å². The van der Waals surface area contributed by atoms with Crippen LogP contribution in [0.3, 0.4) is 0 Å². The molecule has 1 aromatic rings. The number of benzene rings is 1. The van der Waals surface area contributed by atoms with Gasteiger partial charge in [-0.3, -0.25) is 5.41 Å². The average Bonchev–Trinajstić information content (AvgIpc) is 2.13. The van der Waals surface area contributed by atoms with Gasteiger partial charge >= 0.3 is 0 Å². The molecule has 3 N–H and O–H groups in total. The minimum atomic E-state index is 0.0781. The van der Waals surface area contributed by atoms with Crippen molar-refractivity contribution in [3.63, 3.8) is 0 Å². The second-order valence-electron chi connectivity index (χ2n) is 2.82. The molecule has 3 nitrogen and oxygen atoms in total. The molecule has 0 aliphatic rings. The van der Waals surface area contributed by atoms with E-state index in [9.17, 15) is 0 Å². The van der Waals surface area contributed by atoms with Gasteiger partial charge in [0.05, 0.1) is 22.5 Å². The van der Waals surface area contributed by atoms with Crippen LogP contribution in [0, 0.1) is 5.41 Å². The van der Waals surface area contributed by atoms with Gasteiger partial charge in [0.25, 0.3) is 0 Å². The summed E-state index contributed by atoms with van der Waals surface area (Å²) in [6.45, 7) is 0.313. The molecule has 0 saturated heterocycles. The molecule has 0 amide bonds. The molecule has 1 rings (SSSR count). The van der Waals surface area contributed by atoms with E-state index in [2.05, 4.69) is 15.9 Å². The lowest BCUT2D eigenvalue weighted by molar-refractivity contribution is 0.329. The number of nitrogens with one attached hydrogen (secondary N) is 1. The number of halogens is 3. The summed E-state index contributed by atoms with van der Waals surface area (Å²) in [5, 5.41) is 8.01. The van der Waals surface area contributed by atoms with Gasteiger partial charge < -0.3 is 10.5 Å². The Morgan fingerprint density at radius 1 is 1.40 bits per heavy atom. The standard InChI is InChI=1S/C9H9BrCl2N2O/c10-5-3-7(12)8(4-6(5)11)15-2-1-9(13)14/h3-4H,1-2H2,(H3,13,14). The second kappa shape index (κ2) is 5.58. The molecule has 1 aromatic carbocycles. The van der Waals surface area contributed by atoms with Crippen LogP contribution in [-0.4, -0.2) is 12.4 Å². The van der Waals surface area contributed by atoms with Gasteiger partial charge in [-0.15, -0.1) is 0 Å². The third kappa shape index (κ3) is 3.89. The summed E-state index contributed by atoms with van der Waals surface area (Å²) in [7, 11) is 0. The van der Waals surface area contributed by atoms with Crippen LogP contribution in [0.2, 0.25) is 10.0 Å². The molecule has 0 bridgehead atoms. The number of hydrogen-bond donors (Lipinski definition) is 2. The molecule has 0 spiro atoms. The molecule has 0 atom stereocenters. The van der Waals surface area contributed by atoms with E-state index in [1.165, 1.54) is 0 Å². The van der Waals surface area contributed by atoms with Crippen molar-refractivity contribution in [3.05, 3.63) is 26.7 Å². The van der Waals surface area contributed by atoms with E-state index in [-0.39, 0.29) is 5.84 Å². The maximum atomic E-state index is 7.02. The van der Waals surface area contributed by atoms with Gasteiger partial charge in [-0.1, -0.05) is 23.2 Å². The van der Waals surface area contributed by atoms with Gasteiger partial charge in [-0.2, -0.15) is 0 Å². The van der Waals surface area contributed by atoms with Crippen LogP contribution in [0.5, 0.6) is 5.75 Å². The Kier molecular flexibility index (Phi) is 4.70. The van der Waals surface area contributed by atoms with Gasteiger partial charge in [0.1, 0.15) is 5.75 Å². The second-order valence-corrected chi connectivity index (χ2v) is 4.49. The van der Waals surface area contributed by atoms with Crippen molar-refractivity contribution in [3.8, 4) is 5.75 Å². The van der Waals surface area contributed by atoms with Gasteiger partial charge in [0, 0.05) is 17.0 Å². The molecule has 0 aromatic heterocycles. The Bertz CT molecular complexity index is 385. The van der Waals surface area contributed by atoms with Gasteiger partial charge in [-0.05, 0) is 22.0 Å². The Hall–Kier alpha value is -0.450. The van der Waals surface area contributed by atoms with Gasteiger partial charge in [-0.25, -0.2) is 0 Å². The van der Waals surface area contributed by atoms with Crippen LogP contribution in [0.25, 0.3) is 0 Å². The normalized spacial score (nSPS) is 10.1. The topological polar surface area (TPSA) is 59.1 Å². The van der Waals surface area contributed by atoms with Gasteiger partial charge in [0.15, 0.2) is 0 Å². The van der Waals surface area contributed by atoms with E-state index >= 15 is 0 Å². The van der Waals surface area contributed by atoms with E-state index in [0.29, 0.717) is 33.3 Å². The fraction of sp³-hybridized carbons (Fsp3) is 0.222. The summed E-state index contributed by atoms with van der Waals surface area (Å²) < 4.78 is 6.04. The Balaban J connectivity index is 2.69. The molecule has 0 fully saturated rings. The fourth-order valence-electron chi connectivity index (χ4n) is 0.886. The number of hydrogen-bond acceptors (Lipinski definition) is 2. The first-order chi connectivity index (χ1) is 7.00. The summed E-state index contributed by atoms with van der Waals surface area (Å²) in [5.41, 5.74) is 5.19. The zero-order valence-corrected chi connectivity index (χ0v) is 10.8. The highest BCUT2D eigenvalue weighted by Crippen LogP contribution is 2.33. The van der Waals surface area contributed by atoms with Crippen LogP contribution in [0.1, 0.15) is 6.42 Å². The molecule has 0 radical (unpaired) electrons. The average molecular weight is 312 g/mol. The lowest BCUT2D eigenvalue weighted by Crippen LogP contribution is -2.13. The van der Waals surface area contributed by atoms with Crippen LogP contribution >= 0.6 is 39.1 Å². The number of amidine groups is 1. The van der Waals surface area contributed by atoms with E-state index in [1.54, 1.807) is 12.1 Å². The Morgan fingerprint density at radius 2 is 2.07 bits per heavy atom. The van der Waals surface area contributed by atoms with Crippen molar-refractivity contribution >= 4 is 45.0 Å². The first-order valence-electron chi connectivity index (χ1n) is 4.11. The minimum Gasteiger partial charge on any atom is -0.492 e. The first-order valence-corrected chi connectivity index (χ1v) is 5.66. The van der Waals surface area contributed by atoms with E-state index < -0.39 is 0 Å². The van der Waals surface area contributed by atoms with Crippen LogP contribution in [0.4, 0.5) is 0 Å². The largest absolute Gasteiger partial charge is 0.492 e. The lowest BCUT2D eigenvalue weighted by atomic mass is 10.3. The smallest absolute Gasteiger partial charge is 0.139 e. The van der Waals surface area contributed by atoms with Crippen molar-refractivity contribution in [1.29, 1.82) is 5.41 Å². The van der Waals surface area contributed by atoms with Crippen molar-refractivity contribution in [2.24, 2.45) is 5.73 Å². The van der Waals surface area contributed by atoms with Crippen molar-refractivity contribution < 1.29 is 4.74 Å². The van der Waals surface area contributed by atoms with Crippen molar-refractivity contribution in [1.82, 2.24) is 0 Å². The summed E-state index contributed by atoms with van der Waals surface area (Å²) >= 11 is 15.0. The quantitative estimate of drug-likeness (QED) is 0.508. The molecule has 82 valence electrons. The minimum absolute atomic E-state index is 0.0781. The summed E-state index contributed by atoms with van der Waals surface area (Å²) in [6.07, 6.45) is 0.365. The number of ether oxygens (including phenoxy) is 1. The van der Waals surface area contributed by atoms with E-state index in [1.807, 2.05) is 0 Å². The summed E-state index contributed by atoms with van der Waals surface area (Å²) in [6, 6.07) is 3.28. The first kappa shape index (κ1) is 12.6. The third-order valence-electron chi connectivity index (χ3n) is 1.60. The monoisotopic (exact) mass is 310 g/mol. The molecule has 0 aliphatic heterocycles. The maximum absolute atomic E-state index is 7.02. The third-order valence-corrected chi connectivity index (χ3v) is 3.10. The molecule has 6 heteroatoms. The molecular weight excluding hydrogens is 303 g/mol. The van der Waals surface area contributed by atoms with Gasteiger partial charge in [0.2, 0.25) is 0 Å². The number of nitrogens with two attached hydrogens (primary N) is 1. The predicted octanol–water partition coefficient (Wildman–Crippen LogP) is 3.46. The molecule has 0 saturated carbocycles. The molecular formula is C9H9BrCl2N2O. The predicted molar refractivity (Wildman–Crippen MR) is 66.2 cm³/mol. The highest BCUT2D eigenvalue weighted by molar-refractivity contribution is 9.10. The highest BCUT2D eigenvalue weighted by atomic mass is 79.9. The maximum Gasteiger partial charge on any atom is 0.139 e.